The zero-order valence-electron chi connectivity index (χ0n) is 15.9. The number of carbonyl (C=O) groups excluding carboxylic acids is 1. The Morgan fingerprint density at radius 1 is 1.13 bits per heavy atom. The zero-order chi connectivity index (χ0) is 21.3. The van der Waals surface area contributed by atoms with Crippen molar-refractivity contribution in [3.05, 3.63) is 57.5 Å². The minimum Gasteiger partial charge on any atom is -0.330 e. The van der Waals surface area contributed by atoms with E-state index in [1.165, 1.54) is 23.1 Å². The zero-order valence-corrected chi connectivity index (χ0v) is 18.3. The van der Waals surface area contributed by atoms with E-state index in [-0.39, 0.29) is 16.8 Å². The second-order valence-electron chi connectivity index (χ2n) is 6.55. The monoisotopic (exact) mass is 460 g/mol. The number of nitrogens with zero attached hydrogens (tertiary/aromatic N) is 2. The van der Waals surface area contributed by atoms with Crippen molar-refractivity contribution in [3.63, 3.8) is 0 Å². The average molecular weight is 461 g/mol. The molecule has 4 rings (SSSR count). The summed E-state index contributed by atoms with van der Waals surface area (Å²) >= 11 is 8.82. The molecule has 0 saturated heterocycles. The van der Waals surface area contributed by atoms with Crippen molar-refractivity contribution in [3.8, 4) is 0 Å². The fourth-order valence-electron chi connectivity index (χ4n) is 2.66. The highest BCUT2D eigenvalue weighted by molar-refractivity contribution is 8.02. The Kier molecular flexibility index (Phi) is 5.80. The van der Waals surface area contributed by atoms with Crippen LogP contribution in [0, 0.1) is 6.92 Å². The lowest BCUT2D eigenvalue weighted by molar-refractivity contribution is -0.115. The number of hydrogen-bond acceptors (Lipinski definition) is 7. The summed E-state index contributed by atoms with van der Waals surface area (Å²) in [4.78, 5) is 29.2. The molecule has 2 aromatic heterocycles. The Balaban J connectivity index is 1.38. The molecule has 0 aliphatic carbocycles. The van der Waals surface area contributed by atoms with Gasteiger partial charge in [-0.25, -0.2) is 4.79 Å². The van der Waals surface area contributed by atoms with Crippen LogP contribution in [0.3, 0.4) is 0 Å². The van der Waals surface area contributed by atoms with E-state index in [1.807, 2.05) is 25.1 Å². The van der Waals surface area contributed by atoms with Gasteiger partial charge in [0.15, 0.2) is 4.34 Å². The predicted octanol–water partition coefficient (Wildman–Crippen LogP) is 4.53. The first-order valence-corrected chi connectivity index (χ1v) is 11.0. The molecule has 0 aliphatic rings. The van der Waals surface area contributed by atoms with Crippen molar-refractivity contribution < 1.29 is 4.79 Å². The Morgan fingerprint density at radius 3 is 2.70 bits per heavy atom. The molecule has 2 heterocycles. The summed E-state index contributed by atoms with van der Waals surface area (Å²) in [6.45, 7) is 3.74. The fraction of sp³-hybridized carbons (Fsp3) is 0.158. The van der Waals surface area contributed by atoms with E-state index in [1.54, 1.807) is 25.1 Å². The first kappa shape index (κ1) is 20.5. The van der Waals surface area contributed by atoms with Gasteiger partial charge in [-0.3, -0.25) is 4.79 Å². The van der Waals surface area contributed by atoms with Gasteiger partial charge in [-0.1, -0.05) is 40.8 Å². The van der Waals surface area contributed by atoms with Crippen LogP contribution < -0.4 is 16.3 Å². The molecule has 2 aromatic carbocycles. The molecule has 0 bridgehead atoms. The van der Waals surface area contributed by atoms with Crippen LogP contribution >= 0.6 is 34.7 Å². The number of thioether (sulfide) groups is 1. The quantitative estimate of drug-likeness (QED) is 0.314. The van der Waals surface area contributed by atoms with Gasteiger partial charge in [0.2, 0.25) is 11.0 Å². The van der Waals surface area contributed by atoms with Crippen molar-refractivity contribution >= 4 is 68.1 Å². The number of aromatic nitrogens is 4. The summed E-state index contributed by atoms with van der Waals surface area (Å²) in [5, 5.41) is 15.2. The van der Waals surface area contributed by atoms with E-state index >= 15 is 0 Å². The van der Waals surface area contributed by atoms with Gasteiger partial charge in [-0.15, -0.1) is 10.2 Å². The summed E-state index contributed by atoms with van der Waals surface area (Å²) in [5.74, 6) is -0.174. The van der Waals surface area contributed by atoms with Gasteiger partial charge in [0.05, 0.1) is 16.3 Å². The van der Waals surface area contributed by atoms with Crippen molar-refractivity contribution in [2.45, 2.75) is 23.4 Å². The van der Waals surface area contributed by atoms with Gasteiger partial charge in [0, 0.05) is 16.4 Å². The van der Waals surface area contributed by atoms with Crippen LogP contribution in [0.15, 0.2) is 45.5 Å². The van der Waals surface area contributed by atoms with Crippen molar-refractivity contribution in [2.24, 2.45) is 0 Å². The van der Waals surface area contributed by atoms with Crippen LogP contribution in [-0.2, 0) is 4.79 Å². The molecule has 0 aliphatic heterocycles. The molecule has 1 amide bonds. The summed E-state index contributed by atoms with van der Waals surface area (Å²) in [6, 6.07) is 10.9. The number of fused-ring (bicyclic) bond motifs is 1. The molecule has 0 saturated carbocycles. The second-order valence-corrected chi connectivity index (χ2v) is 9.52. The number of aryl methyl sites for hydroxylation is 1. The van der Waals surface area contributed by atoms with Crippen LogP contribution in [0.2, 0.25) is 5.02 Å². The average Bonchev–Trinajstić information content (AvgIpc) is 3.29. The highest BCUT2D eigenvalue weighted by atomic mass is 35.5. The minimum atomic E-state index is -0.388. The third-order valence-electron chi connectivity index (χ3n) is 4.26. The van der Waals surface area contributed by atoms with Gasteiger partial charge in [-0.05, 0) is 49.7 Å². The first-order valence-electron chi connectivity index (χ1n) is 8.93. The van der Waals surface area contributed by atoms with E-state index in [0.717, 1.165) is 11.3 Å². The number of nitrogens with one attached hydrogen (secondary N) is 4. The molecule has 1 atom stereocenters. The maximum atomic E-state index is 12.5. The molecule has 0 radical (unpaired) electrons. The highest BCUT2D eigenvalue weighted by Gasteiger charge is 2.18. The van der Waals surface area contributed by atoms with Crippen LogP contribution in [-0.4, -0.2) is 31.3 Å². The maximum Gasteiger partial charge on any atom is 0.323 e. The van der Waals surface area contributed by atoms with E-state index in [0.29, 0.717) is 31.2 Å². The number of amides is 1. The number of imidazole rings is 1. The lowest BCUT2D eigenvalue weighted by Gasteiger charge is -2.10. The van der Waals surface area contributed by atoms with Gasteiger partial charge in [0.25, 0.3) is 0 Å². The topological polar surface area (TPSA) is 116 Å². The third-order valence-corrected chi connectivity index (χ3v) is 6.69. The van der Waals surface area contributed by atoms with E-state index < -0.39 is 0 Å². The van der Waals surface area contributed by atoms with Crippen LogP contribution in [0.1, 0.15) is 12.5 Å². The minimum absolute atomic E-state index is 0.174. The molecule has 0 fully saturated rings. The molecule has 1 unspecified atom stereocenters. The lowest BCUT2D eigenvalue weighted by atomic mass is 10.2. The standard InChI is InChI=1S/C19H17ClN6O2S2/c1-9-3-4-11(7-13(9)20)22-18-25-26-19(30-18)29-10(2)16(27)21-12-5-6-14-15(8-12)24-17(28)23-14/h3-8,10H,1-2H3,(H,21,27)(H,22,25)(H2,23,24,28). The van der Waals surface area contributed by atoms with E-state index in [4.69, 9.17) is 11.6 Å². The summed E-state index contributed by atoms with van der Waals surface area (Å²) in [5.41, 5.74) is 3.45. The van der Waals surface area contributed by atoms with Crippen molar-refractivity contribution in [2.75, 3.05) is 10.6 Å². The first-order chi connectivity index (χ1) is 14.4. The number of H-pyrrole nitrogens is 2. The van der Waals surface area contributed by atoms with Gasteiger partial charge >= 0.3 is 5.69 Å². The fourth-order valence-corrected chi connectivity index (χ4v) is 4.76. The molecule has 0 spiro atoms. The van der Waals surface area contributed by atoms with Crippen LogP contribution in [0.5, 0.6) is 0 Å². The number of hydrogen-bond donors (Lipinski definition) is 4. The molecule has 11 heteroatoms. The molecule has 4 N–H and O–H groups in total. The molecule has 8 nitrogen and oxygen atoms in total. The number of benzene rings is 2. The number of carbonyl (C=O) groups is 1. The summed E-state index contributed by atoms with van der Waals surface area (Å²) in [6.07, 6.45) is 0. The normalized spacial score (nSPS) is 12.1. The smallest absolute Gasteiger partial charge is 0.323 e. The Morgan fingerprint density at radius 2 is 1.90 bits per heavy atom. The van der Waals surface area contributed by atoms with Gasteiger partial charge in [-0.2, -0.15) is 0 Å². The Hall–Kier alpha value is -2.82. The SMILES string of the molecule is Cc1ccc(Nc2nnc(SC(C)C(=O)Nc3ccc4[nH]c(=O)[nH]c4c3)s2)cc1Cl. The molecular formula is C19H17ClN6O2S2. The number of aromatic amines is 2. The number of rotatable bonds is 6. The van der Waals surface area contributed by atoms with E-state index in [2.05, 4.69) is 30.8 Å². The largest absolute Gasteiger partial charge is 0.330 e. The lowest BCUT2D eigenvalue weighted by Crippen LogP contribution is -2.22. The number of halogens is 1. The van der Waals surface area contributed by atoms with E-state index in [9.17, 15) is 9.59 Å². The summed E-state index contributed by atoms with van der Waals surface area (Å²) < 4.78 is 0.670. The molecular weight excluding hydrogens is 444 g/mol. The Labute approximate surface area is 184 Å². The maximum absolute atomic E-state index is 12.5. The second kappa shape index (κ2) is 8.50. The molecule has 154 valence electrons. The molecule has 30 heavy (non-hydrogen) atoms. The van der Waals surface area contributed by atoms with Crippen LogP contribution in [0.25, 0.3) is 11.0 Å². The van der Waals surface area contributed by atoms with Crippen molar-refractivity contribution in [1.29, 1.82) is 0 Å². The summed E-state index contributed by atoms with van der Waals surface area (Å²) in [7, 11) is 0. The third kappa shape index (κ3) is 4.66. The van der Waals surface area contributed by atoms with Gasteiger partial charge < -0.3 is 20.6 Å². The van der Waals surface area contributed by atoms with Crippen LogP contribution in [0.4, 0.5) is 16.5 Å². The van der Waals surface area contributed by atoms with Crippen molar-refractivity contribution in [1.82, 2.24) is 20.2 Å². The number of anilines is 3. The predicted molar refractivity (Wildman–Crippen MR) is 122 cm³/mol. The highest BCUT2D eigenvalue weighted by Crippen LogP contribution is 2.31. The Bertz CT molecular complexity index is 1280. The van der Waals surface area contributed by atoms with Gasteiger partial charge in [0.1, 0.15) is 0 Å². The molecule has 4 aromatic rings.